The van der Waals surface area contributed by atoms with Crippen molar-refractivity contribution in [3.63, 3.8) is 0 Å². The molecule has 0 saturated heterocycles. The van der Waals surface area contributed by atoms with Crippen LogP contribution in [0.3, 0.4) is 0 Å². The number of carboxylic acid groups (broad SMARTS) is 1. The van der Waals surface area contributed by atoms with Crippen LogP contribution in [0.4, 0.5) is 13.2 Å². The van der Waals surface area contributed by atoms with Gasteiger partial charge in [-0.3, -0.25) is 4.79 Å². The number of alkyl halides is 3. The molecule has 0 aliphatic heterocycles. The third-order valence-electron chi connectivity index (χ3n) is 4.01. The van der Waals surface area contributed by atoms with Crippen LogP contribution in [0.1, 0.15) is 30.0 Å². The molecule has 26 heavy (non-hydrogen) atoms. The number of rotatable bonds is 7. The van der Waals surface area contributed by atoms with Crippen molar-refractivity contribution < 1.29 is 23.1 Å². The fourth-order valence-corrected chi connectivity index (χ4v) is 3.22. The smallest absolute Gasteiger partial charge is 0.418 e. The zero-order valence-electron chi connectivity index (χ0n) is 14.2. The fourth-order valence-electron chi connectivity index (χ4n) is 2.89. The van der Waals surface area contributed by atoms with Gasteiger partial charge in [-0.2, -0.15) is 13.2 Å². The van der Waals surface area contributed by atoms with Gasteiger partial charge < -0.3 is 10.4 Å². The number of aliphatic carboxylic acids is 1. The largest absolute Gasteiger partial charge is 0.481 e. The summed E-state index contributed by atoms with van der Waals surface area (Å²) in [4.78, 5) is 11.0. The van der Waals surface area contributed by atoms with E-state index in [1.54, 1.807) is 24.3 Å². The summed E-state index contributed by atoms with van der Waals surface area (Å²) >= 11 is 6.00. The first-order valence-corrected chi connectivity index (χ1v) is 8.52. The molecule has 2 aromatic carbocycles. The van der Waals surface area contributed by atoms with Gasteiger partial charge in [-0.1, -0.05) is 48.9 Å². The van der Waals surface area contributed by atoms with Crippen molar-refractivity contribution >= 4 is 17.6 Å². The quantitative estimate of drug-likeness (QED) is 0.692. The highest BCUT2D eigenvalue weighted by Crippen LogP contribution is 2.42. The summed E-state index contributed by atoms with van der Waals surface area (Å²) in [5.74, 6) is -1.16. The number of hydrogen-bond donors (Lipinski definition) is 2. The number of halogens is 4. The lowest BCUT2D eigenvalue weighted by Gasteiger charge is -2.22. The Kier molecular flexibility index (Phi) is 6.67. The molecule has 2 rings (SSSR count). The fraction of sp³-hybridized carbons (Fsp3) is 0.316. The molecule has 3 nitrogen and oxygen atoms in total. The predicted octanol–water partition coefficient (Wildman–Crippen LogP) is 5.15. The van der Waals surface area contributed by atoms with Crippen LogP contribution in [0.15, 0.2) is 36.4 Å². The minimum Gasteiger partial charge on any atom is -0.481 e. The predicted molar refractivity (Wildman–Crippen MR) is 95.2 cm³/mol. The Bertz CT molecular complexity index is 777. The molecular formula is C19H19ClF3NO2. The van der Waals surface area contributed by atoms with Crippen molar-refractivity contribution in [1.82, 2.24) is 5.32 Å². The lowest BCUT2D eigenvalue weighted by atomic mass is 9.89. The molecule has 2 aromatic rings. The van der Waals surface area contributed by atoms with E-state index in [0.29, 0.717) is 17.7 Å². The van der Waals surface area contributed by atoms with Crippen LogP contribution in [0.25, 0.3) is 11.1 Å². The molecule has 0 aliphatic rings. The minimum absolute atomic E-state index is 0.0628. The Labute approximate surface area is 154 Å². The van der Waals surface area contributed by atoms with Crippen LogP contribution in [0, 0.1) is 0 Å². The molecule has 2 N–H and O–H groups in total. The second-order valence-electron chi connectivity index (χ2n) is 5.78. The lowest BCUT2D eigenvalue weighted by Crippen LogP contribution is -2.19. The lowest BCUT2D eigenvalue weighted by molar-refractivity contribution is -0.140. The summed E-state index contributed by atoms with van der Waals surface area (Å²) in [6.45, 7) is 2.60. The van der Waals surface area contributed by atoms with E-state index >= 15 is 0 Å². The van der Waals surface area contributed by atoms with Crippen LogP contribution in [0.2, 0.25) is 5.02 Å². The molecule has 0 fully saturated rings. The number of benzene rings is 2. The molecule has 0 aliphatic carbocycles. The van der Waals surface area contributed by atoms with Crippen LogP contribution >= 0.6 is 11.6 Å². The van der Waals surface area contributed by atoms with Crippen LogP contribution < -0.4 is 5.32 Å². The van der Waals surface area contributed by atoms with Gasteiger partial charge in [0.05, 0.1) is 10.6 Å². The van der Waals surface area contributed by atoms with Gasteiger partial charge in [-0.05, 0) is 41.3 Å². The van der Waals surface area contributed by atoms with Crippen molar-refractivity contribution in [1.29, 1.82) is 0 Å². The van der Waals surface area contributed by atoms with E-state index in [0.717, 1.165) is 5.56 Å². The van der Waals surface area contributed by atoms with Gasteiger partial charge in [-0.25, -0.2) is 0 Å². The molecule has 7 heteroatoms. The number of hydrogen-bond acceptors (Lipinski definition) is 2. The molecular weight excluding hydrogens is 367 g/mol. The summed E-state index contributed by atoms with van der Waals surface area (Å²) in [5, 5.41) is 11.6. The summed E-state index contributed by atoms with van der Waals surface area (Å²) in [6.07, 6.45) is -5.32. The zero-order chi connectivity index (χ0) is 19.3. The molecule has 0 atom stereocenters. The van der Waals surface area contributed by atoms with Crippen LogP contribution in [-0.2, 0) is 23.9 Å². The maximum Gasteiger partial charge on any atom is 0.418 e. The van der Waals surface area contributed by atoms with E-state index in [1.807, 2.05) is 13.0 Å². The highest BCUT2D eigenvalue weighted by atomic mass is 35.5. The van der Waals surface area contributed by atoms with Crippen molar-refractivity contribution in [3.8, 4) is 11.1 Å². The summed E-state index contributed by atoms with van der Waals surface area (Å²) < 4.78 is 40.9. The van der Waals surface area contributed by atoms with Crippen molar-refractivity contribution in [2.45, 2.75) is 32.5 Å². The normalized spacial score (nSPS) is 11.6. The molecule has 0 unspecified atom stereocenters. The van der Waals surface area contributed by atoms with Gasteiger partial charge in [0.15, 0.2) is 0 Å². The Morgan fingerprint density at radius 2 is 1.85 bits per heavy atom. The molecule has 0 spiro atoms. The van der Waals surface area contributed by atoms with Crippen molar-refractivity contribution in [3.05, 3.63) is 58.1 Å². The van der Waals surface area contributed by atoms with E-state index in [-0.39, 0.29) is 18.5 Å². The average Bonchev–Trinajstić information content (AvgIpc) is 2.57. The Morgan fingerprint density at radius 3 is 2.38 bits per heavy atom. The third kappa shape index (κ3) is 4.77. The van der Waals surface area contributed by atoms with Gasteiger partial charge in [0, 0.05) is 13.0 Å². The maximum atomic E-state index is 13.6. The first-order valence-electron chi connectivity index (χ1n) is 8.15. The molecule has 0 aromatic heterocycles. The molecule has 0 bridgehead atoms. The standard InChI is InChI=1S/C19H19ClF3NO2/c1-2-24-11-15-13(8-9-17(25)26)18(19(21,22)23)16(20)10-14(15)12-6-4-3-5-7-12/h3-7,10,24H,2,8-9,11H2,1H3,(H,25,26). The second-order valence-corrected chi connectivity index (χ2v) is 6.18. The highest BCUT2D eigenvalue weighted by molar-refractivity contribution is 6.32. The first-order chi connectivity index (χ1) is 12.3. The van der Waals surface area contributed by atoms with Crippen molar-refractivity contribution in [2.75, 3.05) is 6.54 Å². The summed E-state index contributed by atoms with van der Waals surface area (Å²) in [5.41, 5.74) is 0.716. The van der Waals surface area contributed by atoms with Gasteiger partial charge in [0.2, 0.25) is 0 Å². The van der Waals surface area contributed by atoms with Crippen LogP contribution in [0.5, 0.6) is 0 Å². The van der Waals surface area contributed by atoms with E-state index < -0.39 is 29.2 Å². The molecule has 0 radical (unpaired) electrons. The van der Waals surface area contributed by atoms with Crippen molar-refractivity contribution in [2.24, 2.45) is 0 Å². The average molecular weight is 386 g/mol. The molecule has 0 heterocycles. The van der Waals surface area contributed by atoms with E-state index in [1.165, 1.54) is 6.07 Å². The maximum absolute atomic E-state index is 13.6. The SMILES string of the molecule is CCNCc1c(-c2ccccc2)cc(Cl)c(C(F)(F)F)c1CCC(=O)O. The van der Waals surface area contributed by atoms with Gasteiger partial charge in [0.25, 0.3) is 0 Å². The van der Waals surface area contributed by atoms with Gasteiger partial charge >= 0.3 is 12.1 Å². The van der Waals surface area contributed by atoms with E-state index in [9.17, 15) is 18.0 Å². The summed E-state index contributed by atoms with van der Waals surface area (Å²) in [7, 11) is 0. The van der Waals surface area contributed by atoms with Crippen LogP contribution in [-0.4, -0.2) is 17.6 Å². The first kappa shape index (κ1) is 20.3. The number of carboxylic acids is 1. The van der Waals surface area contributed by atoms with E-state index in [2.05, 4.69) is 5.32 Å². The number of carbonyl (C=O) groups is 1. The molecule has 140 valence electrons. The zero-order valence-corrected chi connectivity index (χ0v) is 14.9. The van der Waals surface area contributed by atoms with E-state index in [4.69, 9.17) is 16.7 Å². The monoisotopic (exact) mass is 385 g/mol. The molecule has 0 saturated carbocycles. The highest BCUT2D eigenvalue weighted by Gasteiger charge is 2.37. The Morgan fingerprint density at radius 1 is 1.19 bits per heavy atom. The summed E-state index contributed by atoms with van der Waals surface area (Å²) in [6, 6.07) is 10.3. The topological polar surface area (TPSA) is 49.3 Å². The minimum atomic E-state index is -4.67. The molecule has 0 amide bonds. The van der Waals surface area contributed by atoms with Gasteiger partial charge in [0.1, 0.15) is 0 Å². The second kappa shape index (κ2) is 8.56. The Balaban J connectivity index is 2.74. The van der Waals surface area contributed by atoms with Gasteiger partial charge in [-0.15, -0.1) is 0 Å². The Hall–Kier alpha value is -2.05. The number of nitrogens with one attached hydrogen (secondary N) is 1. The third-order valence-corrected chi connectivity index (χ3v) is 4.31.